The number of nitrogens with zero attached hydrogens (tertiary/aromatic N) is 3. The van der Waals surface area contributed by atoms with Crippen LogP contribution in [0.25, 0.3) is 0 Å². The Labute approximate surface area is 157 Å². The molecule has 2 heterocycles. The molecular weight excluding hydrogens is 328 g/mol. The average Bonchev–Trinajstić information content (AvgIpc) is 3.15. The Hall–Kier alpha value is -1.56. The Kier molecular flexibility index (Phi) is 5.33. The first-order valence-corrected chi connectivity index (χ1v) is 9.92. The van der Waals surface area contributed by atoms with Crippen molar-refractivity contribution in [3.8, 4) is 0 Å². The fraction of sp³-hybridized carbons (Fsp3) is 0.800. The van der Waals surface area contributed by atoms with Gasteiger partial charge in [0.05, 0.1) is 24.3 Å². The first kappa shape index (κ1) is 19.2. The van der Waals surface area contributed by atoms with E-state index in [0.717, 1.165) is 18.5 Å². The third-order valence-corrected chi connectivity index (χ3v) is 5.86. The second kappa shape index (κ2) is 7.22. The minimum absolute atomic E-state index is 0.0282. The van der Waals surface area contributed by atoms with Crippen LogP contribution in [-0.4, -0.2) is 51.5 Å². The number of rotatable bonds is 4. The lowest BCUT2D eigenvalue weighted by molar-refractivity contribution is -0.184. The van der Waals surface area contributed by atoms with Crippen LogP contribution in [0.4, 0.5) is 4.79 Å². The summed E-state index contributed by atoms with van der Waals surface area (Å²) in [6.45, 7) is 10.5. The number of hydrogen-bond donors (Lipinski definition) is 1. The highest BCUT2D eigenvalue weighted by Gasteiger charge is 2.47. The van der Waals surface area contributed by atoms with Crippen molar-refractivity contribution in [2.24, 2.45) is 13.0 Å². The molecule has 1 aromatic rings. The van der Waals surface area contributed by atoms with Crippen molar-refractivity contribution in [3.63, 3.8) is 0 Å². The van der Waals surface area contributed by atoms with Crippen LogP contribution in [0.5, 0.6) is 0 Å². The van der Waals surface area contributed by atoms with Crippen LogP contribution >= 0.6 is 0 Å². The van der Waals surface area contributed by atoms with Gasteiger partial charge in [0.15, 0.2) is 0 Å². The van der Waals surface area contributed by atoms with Crippen molar-refractivity contribution in [3.05, 3.63) is 18.0 Å². The molecule has 0 bridgehead atoms. The predicted molar refractivity (Wildman–Crippen MR) is 102 cm³/mol. The third kappa shape index (κ3) is 4.05. The second-order valence-electron chi connectivity index (χ2n) is 9.02. The van der Waals surface area contributed by atoms with E-state index in [-0.39, 0.29) is 23.2 Å². The molecule has 1 aliphatic heterocycles. The zero-order chi connectivity index (χ0) is 18.9. The van der Waals surface area contributed by atoms with E-state index in [1.54, 1.807) is 0 Å². The number of amides is 2. The molecule has 1 spiro atoms. The van der Waals surface area contributed by atoms with Crippen LogP contribution in [0.3, 0.4) is 0 Å². The van der Waals surface area contributed by atoms with Gasteiger partial charge in [-0.1, -0.05) is 26.7 Å². The highest BCUT2D eigenvalue weighted by molar-refractivity contribution is 5.74. The van der Waals surface area contributed by atoms with Crippen LogP contribution in [0.15, 0.2) is 12.3 Å². The minimum Gasteiger partial charge on any atom is -0.365 e. The predicted octanol–water partition coefficient (Wildman–Crippen LogP) is 3.29. The monoisotopic (exact) mass is 362 g/mol. The summed E-state index contributed by atoms with van der Waals surface area (Å²) in [6, 6.07) is 2.07. The van der Waals surface area contributed by atoms with E-state index in [2.05, 4.69) is 38.1 Å². The highest BCUT2D eigenvalue weighted by atomic mass is 16.5. The molecule has 1 aromatic heterocycles. The average molecular weight is 363 g/mol. The fourth-order valence-electron chi connectivity index (χ4n) is 4.68. The maximum absolute atomic E-state index is 12.9. The molecular formula is C20H34N4O2. The second-order valence-corrected chi connectivity index (χ2v) is 9.02. The molecule has 0 aromatic carbocycles. The van der Waals surface area contributed by atoms with Gasteiger partial charge in [-0.2, -0.15) is 5.10 Å². The lowest BCUT2D eigenvalue weighted by Gasteiger charge is -2.48. The first-order valence-electron chi connectivity index (χ1n) is 9.92. The molecule has 146 valence electrons. The molecule has 0 unspecified atom stereocenters. The van der Waals surface area contributed by atoms with Crippen LogP contribution in [0, 0.1) is 5.92 Å². The van der Waals surface area contributed by atoms with E-state index < -0.39 is 0 Å². The van der Waals surface area contributed by atoms with Crippen LogP contribution < -0.4 is 5.32 Å². The molecule has 1 aliphatic carbocycles. The molecule has 2 fully saturated rings. The van der Waals surface area contributed by atoms with Crippen molar-refractivity contribution in [1.82, 2.24) is 20.0 Å². The molecule has 3 rings (SSSR count). The Morgan fingerprint density at radius 3 is 2.58 bits per heavy atom. The SMILES string of the molecule is CC(C)[C@@H](CNC(=O)N1CC(C)(C)OC2(CCCC2)C1)c1ccnn1C. The number of urea groups is 1. The molecule has 1 saturated carbocycles. The zero-order valence-corrected chi connectivity index (χ0v) is 16.9. The quantitative estimate of drug-likeness (QED) is 0.894. The Bertz CT molecular complexity index is 632. The Morgan fingerprint density at radius 1 is 1.31 bits per heavy atom. The molecule has 1 atom stereocenters. The van der Waals surface area contributed by atoms with Crippen molar-refractivity contribution in [1.29, 1.82) is 0 Å². The van der Waals surface area contributed by atoms with E-state index in [1.165, 1.54) is 12.8 Å². The van der Waals surface area contributed by atoms with E-state index in [1.807, 2.05) is 28.9 Å². The van der Waals surface area contributed by atoms with Gasteiger partial charge in [0.1, 0.15) is 0 Å². The summed E-state index contributed by atoms with van der Waals surface area (Å²) in [4.78, 5) is 14.9. The lowest BCUT2D eigenvalue weighted by Crippen LogP contribution is -2.61. The van der Waals surface area contributed by atoms with Gasteiger partial charge in [-0.05, 0) is 38.7 Å². The molecule has 6 nitrogen and oxygen atoms in total. The lowest BCUT2D eigenvalue weighted by atomic mass is 9.92. The Morgan fingerprint density at radius 2 is 2.00 bits per heavy atom. The summed E-state index contributed by atoms with van der Waals surface area (Å²) in [5.74, 6) is 0.675. The van der Waals surface area contributed by atoms with Gasteiger partial charge in [0, 0.05) is 31.4 Å². The normalized spacial score (nSPS) is 22.8. The summed E-state index contributed by atoms with van der Waals surface area (Å²) in [5, 5.41) is 7.46. The molecule has 2 amide bonds. The maximum Gasteiger partial charge on any atom is 0.317 e. The van der Waals surface area contributed by atoms with Gasteiger partial charge in [-0.3, -0.25) is 4.68 Å². The third-order valence-electron chi connectivity index (χ3n) is 5.86. The van der Waals surface area contributed by atoms with Gasteiger partial charge < -0.3 is 15.0 Å². The van der Waals surface area contributed by atoms with Crippen LogP contribution in [-0.2, 0) is 11.8 Å². The van der Waals surface area contributed by atoms with Gasteiger partial charge in [-0.15, -0.1) is 0 Å². The molecule has 0 radical (unpaired) electrons. The van der Waals surface area contributed by atoms with Gasteiger partial charge in [0.2, 0.25) is 0 Å². The number of hydrogen-bond acceptors (Lipinski definition) is 3. The summed E-state index contributed by atoms with van der Waals surface area (Å²) >= 11 is 0. The summed E-state index contributed by atoms with van der Waals surface area (Å²) < 4.78 is 8.31. The topological polar surface area (TPSA) is 59.4 Å². The molecule has 26 heavy (non-hydrogen) atoms. The van der Waals surface area contributed by atoms with E-state index >= 15 is 0 Å². The van der Waals surface area contributed by atoms with Crippen LogP contribution in [0.2, 0.25) is 0 Å². The molecule has 1 N–H and O–H groups in total. The van der Waals surface area contributed by atoms with Gasteiger partial charge in [0.25, 0.3) is 0 Å². The van der Waals surface area contributed by atoms with Crippen molar-refractivity contribution >= 4 is 6.03 Å². The number of nitrogens with one attached hydrogen (secondary N) is 1. The number of carbonyl (C=O) groups excluding carboxylic acids is 1. The number of carbonyl (C=O) groups is 1. The van der Waals surface area contributed by atoms with E-state index in [9.17, 15) is 4.79 Å². The highest BCUT2D eigenvalue weighted by Crippen LogP contribution is 2.40. The fourth-order valence-corrected chi connectivity index (χ4v) is 4.68. The molecule has 1 saturated heterocycles. The summed E-state index contributed by atoms with van der Waals surface area (Å²) in [7, 11) is 1.96. The summed E-state index contributed by atoms with van der Waals surface area (Å²) in [5.41, 5.74) is 0.729. The van der Waals surface area contributed by atoms with Crippen molar-refractivity contribution in [2.45, 2.75) is 70.5 Å². The number of aromatic nitrogens is 2. The van der Waals surface area contributed by atoms with E-state index in [4.69, 9.17) is 4.74 Å². The van der Waals surface area contributed by atoms with Crippen LogP contribution in [0.1, 0.15) is 65.0 Å². The van der Waals surface area contributed by atoms with Crippen molar-refractivity contribution < 1.29 is 9.53 Å². The number of ether oxygens (including phenoxy) is 1. The first-order chi connectivity index (χ1) is 12.2. The van der Waals surface area contributed by atoms with E-state index in [0.29, 0.717) is 25.6 Å². The van der Waals surface area contributed by atoms with Crippen molar-refractivity contribution in [2.75, 3.05) is 19.6 Å². The maximum atomic E-state index is 12.9. The minimum atomic E-state index is -0.292. The number of aryl methyl sites for hydroxylation is 1. The summed E-state index contributed by atoms with van der Waals surface area (Å²) in [6.07, 6.45) is 6.33. The largest absolute Gasteiger partial charge is 0.365 e. The smallest absolute Gasteiger partial charge is 0.317 e. The number of morpholine rings is 1. The standard InChI is InChI=1S/C20H34N4O2/c1-15(2)16(17-8-11-22-23(17)5)12-21-18(25)24-13-19(3,4)26-20(14-24)9-6-7-10-20/h8,11,15-16H,6-7,9-10,12-14H2,1-5H3,(H,21,25)/t16-/m1/s1. The molecule has 2 aliphatic rings. The zero-order valence-electron chi connectivity index (χ0n) is 16.9. The molecule has 6 heteroatoms. The van der Waals surface area contributed by atoms with Gasteiger partial charge >= 0.3 is 6.03 Å². The Balaban J connectivity index is 1.66. The van der Waals surface area contributed by atoms with Gasteiger partial charge in [-0.25, -0.2) is 4.79 Å².